The van der Waals surface area contributed by atoms with Gasteiger partial charge in [0.1, 0.15) is 12.3 Å². The van der Waals surface area contributed by atoms with Gasteiger partial charge in [-0.05, 0) is 37.6 Å². The number of hydrogen-bond acceptors (Lipinski definition) is 5. The number of imide groups is 1. The third-order valence-corrected chi connectivity index (χ3v) is 6.36. The highest BCUT2D eigenvalue weighted by Crippen LogP contribution is 2.37. The summed E-state index contributed by atoms with van der Waals surface area (Å²) in [5.74, 6) is -0.438. The Bertz CT molecular complexity index is 929. The van der Waals surface area contributed by atoms with E-state index in [1.54, 1.807) is 35.7 Å². The molecule has 0 radical (unpaired) electrons. The maximum absolute atomic E-state index is 13.1. The van der Waals surface area contributed by atoms with Crippen molar-refractivity contribution >= 4 is 35.3 Å². The van der Waals surface area contributed by atoms with Crippen molar-refractivity contribution in [1.82, 2.24) is 10.2 Å². The van der Waals surface area contributed by atoms with Crippen LogP contribution in [0.3, 0.4) is 0 Å². The second-order valence-corrected chi connectivity index (χ2v) is 8.63. The minimum absolute atomic E-state index is 0.283. The fourth-order valence-electron chi connectivity index (χ4n) is 3.54. The van der Waals surface area contributed by atoms with E-state index in [1.165, 1.54) is 6.26 Å². The molecular weight excluding hydrogens is 378 g/mol. The van der Waals surface area contributed by atoms with E-state index < -0.39 is 17.5 Å². The molecule has 0 saturated carbocycles. The van der Waals surface area contributed by atoms with Crippen molar-refractivity contribution in [1.29, 1.82) is 0 Å². The molecule has 1 aromatic heterocycles. The number of fused-ring (bicyclic) bond motifs is 1. The Morgan fingerprint density at radius 1 is 1.29 bits per heavy atom. The van der Waals surface area contributed by atoms with Crippen molar-refractivity contribution in [3.05, 3.63) is 48.4 Å². The van der Waals surface area contributed by atoms with E-state index in [1.807, 2.05) is 24.3 Å². The smallest absolute Gasteiger partial charge is 0.325 e. The van der Waals surface area contributed by atoms with Gasteiger partial charge >= 0.3 is 6.03 Å². The SMILES string of the molecule is C[C@@H]1CCN(C(=O)CN2C(=O)N[C@](C)(c3ccco3)C2=O)c2ccccc2S1. The molecule has 1 aromatic carbocycles. The molecule has 4 rings (SSSR count). The number of anilines is 1. The minimum atomic E-state index is -1.30. The third kappa shape index (κ3) is 3.07. The Morgan fingerprint density at radius 3 is 2.82 bits per heavy atom. The normalized spacial score (nSPS) is 24.7. The largest absolute Gasteiger partial charge is 0.466 e. The van der Waals surface area contributed by atoms with Crippen LogP contribution in [0.1, 0.15) is 26.0 Å². The van der Waals surface area contributed by atoms with Crippen molar-refractivity contribution in [2.24, 2.45) is 0 Å². The summed E-state index contributed by atoms with van der Waals surface area (Å²) in [4.78, 5) is 42.1. The second kappa shape index (κ2) is 7.01. The number of nitrogens with zero attached hydrogens (tertiary/aromatic N) is 2. The summed E-state index contributed by atoms with van der Waals surface area (Å²) in [5, 5.41) is 3.02. The van der Waals surface area contributed by atoms with E-state index in [-0.39, 0.29) is 12.5 Å². The number of nitrogens with one attached hydrogen (secondary N) is 1. The summed E-state index contributed by atoms with van der Waals surface area (Å²) in [6.07, 6.45) is 2.27. The van der Waals surface area contributed by atoms with Crippen LogP contribution < -0.4 is 10.2 Å². The number of carbonyl (C=O) groups is 3. The molecule has 1 N–H and O–H groups in total. The molecule has 0 unspecified atom stereocenters. The molecule has 1 fully saturated rings. The van der Waals surface area contributed by atoms with E-state index in [4.69, 9.17) is 4.42 Å². The molecule has 2 aromatic rings. The van der Waals surface area contributed by atoms with Crippen molar-refractivity contribution in [3.8, 4) is 0 Å². The van der Waals surface area contributed by atoms with Gasteiger partial charge in [-0.2, -0.15) is 0 Å². The van der Waals surface area contributed by atoms with E-state index in [0.717, 1.165) is 21.9 Å². The van der Waals surface area contributed by atoms with Crippen LogP contribution >= 0.6 is 11.8 Å². The topological polar surface area (TPSA) is 82.9 Å². The lowest BCUT2D eigenvalue weighted by Crippen LogP contribution is -2.45. The standard InChI is InChI=1S/C20H21N3O4S/c1-13-9-10-22(14-6-3-4-7-15(14)28-13)17(24)12-23-18(25)20(2,21-19(23)26)16-8-5-11-27-16/h3-8,11,13H,9-10,12H2,1-2H3,(H,21,26)/t13-,20-/m1/s1. The molecule has 4 amide bonds. The maximum Gasteiger partial charge on any atom is 0.325 e. The van der Waals surface area contributed by atoms with Crippen LogP contribution in [0, 0.1) is 0 Å². The maximum atomic E-state index is 13.1. The average molecular weight is 399 g/mol. The van der Waals surface area contributed by atoms with Crippen LogP contribution in [-0.2, 0) is 15.1 Å². The number of carbonyl (C=O) groups excluding carboxylic acids is 3. The second-order valence-electron chi connectivity index (χ2n) is 7.15. The molecule has 0 aliphatic carbocycles. The number of hydrogen-bond donors (Lipinski definition) is 1. The van der Waals surface area contributed by atoms with Gasteiger partial charge in [-0.15, -0.1) is 11.8 Å². The first-order valence-corrected chi connectivity index (χ1v) is 10.0. The molecule has 0 bridgehead atoms. The number of rotatable bonds is 3. The summed E-state index contributed by atoms with van der Waals surface area (Å²) in [6, 6.07) is 10.4. The van der Waals surface area contributed by atoms with Gasteiger partial charge in [0.05, 0.1) is 12.0 Å². The zero-order chi connectivity index (χ0) is 19.9. The lowest BCUT2D eigenvalue weighted by molar-refractivity contribution is -0.134. The fraction of sp³-hybridized carbons (Fsp3) is 0.350. The highest BCUT2D eigenvalue weighted by Gasteiger charge is 2.51. The molecule has 7 nitrogen and oxygen atoms in total. The van der Waals surface area contributed by atoms with Gasteiger partial charge in [-0.25, -0.2) is 4.79 Å². The third-order valence-electron chi connectivity index (χ3n) is 5.13. The zero-order valence-corrected chi connectivity index (χ0v) is 16.5. The van der Waals surface area contributed by atoms with Crippen molar-refractivity contribution in [2.45, 2.75) is 36.0 Å². The Kier molecular flexibility index (Phi) is 4.66. The fourth-order valence-corrected chi connectivity index (χ4v) is 4.65. The molecule has 3 heterocycles. The van der Waals surface area contributed by atoms with Gasteiger partial charge in [0.2, 0.25) is 5.91 Å². The molecule has 2 atom stereocenters. The summed E-state index contributed by atoms with van der Waals surface area (Å²) in [7, 11) is 0. The van der Waals surface area contributed by atoms with Gasteiger partial charge in [0.25, 0.3) is 5.91 Å². The lowest BCUT2D eigenvalue weighted by atomic mass is 9.99. The molecule has 2 aliphatic rings. The highest BCUT2D eigenvalue weighted by molar-refractivity contribution is 8.00. The average Bonchev–Trinajstić information content (AvgIpc) is 3.23. The van der Waals surface area contributed by atoms with E-state index in [9.17, 15) is 14.4 Å². The van der Waals surface area contributed by atoms with E-state index in [0.29, 0.717) is 17.6 Å². The molecule has 2 aliphatic heterocycles. The van der Waals surface area contributed by atoms with Crippen molar-refractivity contribution in [3.63, 3.8) is 0 Å². The molecule has 146 valence electrons. The van der Waals surface area contributed by atoms with Gasteiger partial charge < -0.3 is 14.6 Å². The van der Waals surface area contributed by atoms with Crippen molar-refractivity contribution < 1.29 is 18.8 Å². The number of thioether (sulfide) groups is 1. The van der Waals surface area contributed by atoms with Crippen LogP contribution in [0.4, 0.5) is 10.5 Å². The van der Waals surface area contributed by atoms with Gasteiger partial charge in [0.15, 0.2) is 5.54 Å². The highest BCUT2D eigenvalue weighted by atomic mass is 32.2. The Balaban J connectivity index is 1.57. The molecular formula is C20H21N3O4S. The van der Waals surface area contributed by atoms with Gasteiger partial charge in [0, 0.05) is 16.7 Å². The Morgan fingerprint density at radius 2 is 2.07 bits per heavy atom. The molecule has 28 heavy (non-hydrogen) atoms. The lowest BCUT2D eigenvalue weighted by Gasteiger charge is -2.25. The number of urea groups is 1. The quantitative estimate of drug-likeness (QED) is 0.803. The Hall–Kier alpha value is -2.74. The van der Waals surface area contributed by atoms with E-state index in [2.05, 4.69) is 12.2 Å². The number of amides is 4. The van der Waals surface area contributed by atoms with Crippen LogP contribution in [0.5, 0.6) is 0 Å². The Labute approximate surface area is 167 Å². The van der Waals surface area contributed by atoms with Crippen LogP contribution in [-0.4, -0.2) is 41.1 Å². The predicted molar refractivity (Wildman–Crippen MR) is 105 cm³/mol. The first-order chi connectivity index (χ1) is 13.4. The first kappa shape index (κ1) is 18.6. The number of para-hydroxylation sites is 1. The predicted octanol–water partition coefficient (Wildman–Crippen LogP) is 2.96. The molecule has 1 saturated heterocycles. The van der Waals surface area contributed by atoms with Crippen LogP contribution in [0.2, 0.25) is 0 Å². The monoisotopic (exact) mass is 399 g/mol. The summed E-state index contributed by atoms with van der Waals surface area (Å²) >= 11 is 1.73. The van der Waals surface area contributed by atoms with Gasteiger partial charge in [-0.3, -0.25) is 14.5 Å². The van der Waals surface area contributed by atoms with Crippen molar-refractivity contribution in [2.75, 3.05) is 18.0 Å². The number of furan rings is 1. The summed E-state index contributed by atoms with van der Waals surface area (Å²) in [5.41, 5.74) is -0.482. The zero-order valence-electron chi connectivity index (χ0n) is 15.7. The molecule has 8 heteroatoms. The van der Waals surface area contributed by atoms with Crippen LogP contribution in [0.25, 0.3) is 0 Å². The summed E-state index contributed by atoms with van der Waals surface area (Å²) in [6.45, 7) is 3.94. The van der Waals surface area contributed by atoms with Crippen LogP contribution in [0.15, 0.2) is 52.0 Å². The van der Waals surface area contributed by atoms with Gasteiger partial charge in [-0.1, -0.05) is 19.1 Å². The summed E-state index contributed by atoms with van der Waals surface area (Å²) < 4.78 is 5.32. The molecule has 0 spiro atoms. The number of benzene rings is 1. The van der Waals surface area contributed by atoms with E-state index >= 15 is 0 Å². The first-order valence-electron chi connectivity index (χ1n) is 9.14. The minimum Gasteiger partial charge on any atom is -0.466 e.